The van der Waals surface area contributed by atoms with Gasteiger partial charge in [0.2, 0.25) is 0 Å². The highest BCUT2D eigenvalue weighted by atomic mass is 16.7. The highest BCUT2D eigenvalue weighted by Gasteiger charge is 2.15. The summed E-state index contributed by atoms with van der Waals surface area (Å²) in [6.45, 7) is 10.5. The Labute approximate surface area is 127 Å². The predicted octanol–water partition coefficient (Wildman–Crippen LogP) is 1.92. The number of carbonyl (C=O) groups excluding carboxylic acids is 1. The van der Waals surface area contributed by atoms with Gasteiger partial charge in [0, 0.05) is 19.6 Å². The molecule has 0 saturated carbocycles. The SMILES string of the molecule is C=CC(=O)OCCOCCOC(CC(C)OC)OC(C)C. The van der Waals surface area contributed by atoms with E-state index < -0.39 is 5.97 Å². The maximum Gasteiger partial charge on any atom is 0.330 e. The third kappa shape index (κ3) is 12.5. The van der Waals surface area contributed by atoms with Gasteiger partial charge >= 0.3 is 5.97 Å². The summed E-state index contributed by atoms with van der Waals surface area (Å²) in [5.74, 6) is -0.450. The molecule has 0 aromatic heterocycles. The number of hydrogen-bond donors (Lipinski definition) is 0. The first-order valence-electron chi connectivity index (χ1n) is 7.16. The summed E-state index contributed by atoms with van der Waals surface area (Å²) in [5, 5.41) is 0. The molecule has 0 aliphatic rings. The van der Waals surface area contributed by atoms with Crippen molar-refractivity contribution in [2.45, 2.75) is 45.7 Å². The number of rotatable bonds is 13. The second kappa shape index (κ2) is 12.8. The lowest BCUT2D eigenvalue weighted by atomic mass is 10.3. The number of hydrogen-bond acceptors (Lipinski definition) is 6. The largest absolute Gasteiger partial charge is 0.460 e. The van der Waals surface area contributed by atoms with Gasteiger partial charge in [0.1, 0.15) is 6.61 Å². The first-order chi connectivity index (χ1) is 9.99. The van der Waals surface area contributed by atoms with Crippen molar-refractivity contribution < 1.29 is 28.5 Å². The summed E-state index contributed by atoms with van der Waals surface area (Å²) in [6, 6.07) is 0. The first kappa shape index (κ1) is 20.1. The number of ether oxygens (including phenoxy) is 5. The van der Waals surface area contributed by atoms with Gasteiger partial charge in [-0.3, -0.25) is 0 Å². The number of carbonyl (C=O) groups is 1. The van der Waals surface area contributed by atoms with Gasteiger partial charge in [0.15, 0.2) is 6.29 Å². The zero-order chi connectivity index (χ0) is 16.1. The molecule has 0 N–H and O–H groups in total. The fourth-order valence-electron chi connectivity index (χ4n) is 1.43. The Morgan fingerprint density at radius 3 is 2.38 bits per heavy atom. The molecular weight excluding hydrogens is 276 g/mol. The van der Waals surface area contributed by atoms with Crippen LogP contribution in [0.3, 0.4) is 0 Å². The van der Waals surface area contributed by atoms with E-state index in [2.05, 4.69) is 6.58 Å². The van der Waals surface area contributed by atoms with E-state index in [1.54, 1.807) is 7.11 Å². The second-order valence-electron chi connectivity index (χ2n) is 4.75. The molecule has 0 aliphatic heterocycles. The van der Waals surface area contributed by atoms with Gasteiger partial charge in [-0.05, 0) is 20.8 Å². The zero-order valence-electron chi connectivity index (χ0n) is 13.5. The molecule has 0 rings (SSSR count). The summed E-state index contributed by atoms with van der Waals surface area (Å²) in [7, 11) is 1.66. The Kier molecular flexibility index (Phi) is 12.2. The quantitative estimate of drug-likeness (QED) is 0.224. The Balaban J connectivity index is 3.72. The highest BCUT2D eigenvalue weighted by Crippen LogP contribution is 2.09. The van der Waals surface area contributed by atoms with Crippen molar-refractivity contribution in [2.75, 3.05) is 33.5 Å². The molecule has 0 fully saturated rings. The van der Waals surface area contributed by atoms with Crippen LogP contribution in [0, 0.1) is 0 Å². The molecule has 0 bridgehead atoms. The minimum absolute atomic E-state index is 0.0629. The topological polar surface area (TPSA) is 63.2 Å². The van der Waals surface area contributed by atoms with Crippen molar-refractivity contribution in [3.63, 3.8) is 0 Å². The van der Waals surface area contributed by atoms with Crippen LogP contribution in [-0.4, -0.2) is 58.0 Å². The van der Waals surface area contributed by atoms with Crippen molar-refractivity contribution >= 4 is 5.97 Å². The molecule has 0 heterocycles. The molecular formula is C15H28O6. The van der Waals surface area contributed by atoms with Gasteiger partial charge < -0.3 is 23.7 Å². The normalized spacial score (nSPS) is 14.0. The molecule has 6 heteroatoms. The summed E-state index contributed by atoms with van der Waals surface area (Å²) < 4.78 is 26.6. The molecule has 0 saturated heterocycles. The van der Waals surface area contributed by atoms with Crippen LogP contribution in [0.15, 0.2) is 12.7 Å². The monoisotopic (exact) mass is 304 g/mol. The van der Waals surface area contributed by atoms with Gasteiger partial charge in [-0.2, -0.15) is 0 Å². The van der Waals surface area contributed by atoms with Crippen LogP contribution in [0.25, 0.3) is 0 Å². The Morgan fingerprint density at radius 2 is 1.81 bits per heavy atom. The summed E-state index contributed by atoms with van der Waals surface area (Å²) >= 11 is 0. The van der Waals surface area contributed by atoms with Crippen LogP contribution < -0.4 is 0 Å². The third-order valence-corrected chi connectivity index (χ3v) is 2.52. The molecule has 2 atom stereocenters. The summed E-state index contributed by atoms with van der Waals surface area (Å²) in [5.41, 5.74) is 0. The molecule has 0 spiro atoms. The van der Waals surface area contributed by atoms with E-state index in [-0.39, 0.29) is 25.1 Å². The van der Waals surface area contributed by atoms with Crippen LogP contribution in [-0.2, 0) is 28.5 Å². The Bertz CT molecular complexity index is 279. The van der Waals surface area contributed by atoms with E-state index in [9.17, 15) is 4.79 Å². The summed E-state index contributed by atoms with van der Waals surface area (Å²) in [4.78, 5) is 10.8. The molecule has 21 heavy (non-hydrogen) atoms. The van der Waals surface area contributed by atoms with Crippen LogP contribution >= 0.6 is 0 Å². The fraction of sp³-hybridized carbons (Fsp3) is 0.800. The zero-order valence-corrected chi connectivity index (χ0v) is 13.5. The number of esters is 1. The van der Waals surface area contributed by atoms with Crippen molar-refractivity contribution in [1.82, 2.24) is 0 Å². The molecule has 2 unspecified atom stereocenters. The van der Waals surface area contributed by atoms with Crippen molar-refractivity contribution in [2.24, 2.45) is 0 Å². The standard InChI is InChI=1S/C15H28O6/c1-6-14(16)19-9-7-18-8-10-20-15(21-12(2)3)11-13(4)17-5/h6,12-13,15H,1,7-11H2,2-5H3. The molecule has 0 radical (unpaired) electrons. The van der Waals surface area contributed by atoms with Gasteiger partial charge in [-0.15, -0.1) is 0 Å². The van der Waals surface area contributed by atoms with E-state index in [4.69, 9.17) is 23.7 Å². The van der Waals surface area contributed by atoms with Crippen LogP contribution in [0.2, 0.25) is 0 Å². The van der Waals surface area contributed by atoms with E-state index in [1.165, 1.54) is 0 Å². The lowest BCUT2D eigenvalue weighted by Gasteiger charge is -2.23. The predicted molar refractivity (Wildman–Crippen MR) is 79.0 cm³/mol. The highest BCUT2D eigenvalue weighted by molar-refractivity contribution is 5.81. The van der Waals surface area contributed by atoms with Crippen molar-refractivity contribution in [1.29, 1.82) is 0 Å². The van der Waals surface area contributed by atoms with Crippen LogP contribution in [0.5, 0.6) is 0 Å². The molecule has 6 nitrogen and oxygen atoms in total. The van der Waals surface area contributed by atoms with Gasteiger partial charge in [-0.25, -0.2) is 4.79 Å². The maximum absolute atomic E-state index is 10.8. The van der Waals surface area contributed by atoms with Gasteiger partial charge in [0.25, 0.3) is 0 Å². The summed E-state index contributed by atoms with van der Waals surface area (Å²) in [6.07, 6.45) is 1.60. The first-order valence-corrected chi connectivity index (χ1v) is 7.16. The third-order valence-electron chi connectivity index (χ3n) is 2.52. The van der Waals surface area contributed by atoms with Crippen LogP contribution in [0.1, 0.15) is 27.2 Å². The second-order valence-corrected chi connectivity index (χ2v) is 4.75. The van der Waals surface area contributed by atoms with Gasteiger partial charge in [-0.1, -0.05) is 6.58 Å². The lowest BCUT2D eigenvalue weighted by Crippen LogP contribution is -2.27. The molecule has 0 aromatic carbocycles. The van der Waals surface area contributed by atoms with Crippen molar-refractivity contribution in [3.05, 3.63) is 12.7 Å². The van der Waals surface area contributed by atoms with E-state index in [1.807, 2.05) is 20.8 Å². The fourth-order valence-corrected chi connectivity index (χ4v) is 1.43. The Hall–Kier alpha value is -0.950. The molecule has 0 aliphatic carbocycles. The molecule has 0 amide bonds. The van der Waals surface area contributed by atoms with Gasteiger partial charge in [0.05, 0.1) is 32.0 Å². The van der Waals surface area contributed by atoms with E-state index in [0.29, 0.717) is 26.2 Å². The smallest absolute Gasteiger partial charge is 0.330 e. The maximum atomic E-state index is 10.8. The average molecular weight is 304 g/mol. The number of methoxy groups -OCH3 is 1. The van der Waals surface area contributed by atoms with Crippen molar-refractivity contribution in [3.8, 4) is 0 Å². The molecule has 124 valence electrons. The Morgan fingerprint density at radius 1 is 1.14 bits per heavy atom. The lowest BCUT2D eigenvalue weighted by molar-refractivity contribution is -0.183. The average Bonchev–Trinajstić information content (AvgIpc) is 2.44. The van der Waals surface area contributed by atoms with E-state index in [0.717, 1.165) is 6.08 Å². The van der Waals surface area contributed by atoms with Crippen LogP contribution in [0.4, 0.5) is 0 Å². The van der Waals surface area contributed by atoms with E-state index >= 15 is 0 Å². The minimum Gasteiger partial charge on any atom is -0.460 e. The minimum atomic E-state index is -0.450. The molecule has 0 aromatic rings.